The summed E-state index contributed by atoms with van der Waals surface area (Å²) < 4.78 is 12.8. The lowest BCUT2D eigenvalue weighted by atomic mass is 9.77. The zero-order chi connectivity index (χ0) is 30.7. The Bertz CT molecular complexity index is 1260. The highest BCUT2D eigenvalue weighted by atomic mass is 16.6. The smallest absolute Gasteiger partial charge is 0.313 e. The van der Waals surface area contributed by atoms with Crippen LogP contribution in [0, 0.1) is 11.8 Å². The molecule has 10 heteroatoms. The molecule has 4 aliphatic heterocycles. The van der Waals surface area contributed by atoms with Crippen molar-refractivity contribution in [3.63, 3.8) is 0 Å². The van der Waals surface area contributed by atoms with Crippen LogP contribution in [0.5, 0.6) is 0 Å². The SMILES string of the molecule is CCCC(C)N1CC=C[C@@]23O[C@H]4/C=C\CCC(=O)NC[C@H](c5ccccc5)OC(=O)[C@H]4[C@@H]2C(=O)N([C@@H](CC)CO)[C@H]3C1=O. The Morgan fingerprint density at radius 3 is 2.56 bits per heavy atom. The van der Waals surface area contributed by atoms with Gasteiger partial charge in [0.2, 0.25) is 17.7 Å². The minimum Gasteiger partial charge on any atom is -0.455 e. The van der Waals surface area contributed by atoms with Gasteiger partial charge in [0.1, 0.15) is 23.7 Å². The van der Waals surface area contributed by atoms with Gasteiger partial charge < -0.3 is 29.7 Å². The Labute approximate surface area is 253 Å². The summed E-state index contributed by atoms with van der Waals surface area (Å²) in [6.45, 7) is 6.03. The van der Waals surface area contributed by atoms with Crippen molar-refractivity contribution in [2.24, 2.45) is 11.8 Å². The first kappa shape index (κ1) is 30.9. The first-order valence-electron chi connectivity index (χ1n) is 15.5. The van der Waals surface area contributed by atoms with E-state index in [1.54, 1.807) is 23.1 Å². The number of ether oxygens (including phenoxy) is 2. The Hall–Kier alpha value is -3.50. The van der Waals surface area contributed by atoms with Gasteiger partial charge in [0.15, 0.2) is 0 Å². The Morgan fingerprint density at radius 1 is 1.09 bits per heavy atom. The van der Waals surface area contributed by atoms with E-state index < -0.39 is 53.6 Å². The molecule has 3 amide bonds. The highest BCUT2D eigenvalue weighted by molar-refractivity contribution is 5.99. The lowest BCUT2D eigenvalue weighted by Crippen LogP contribution is -2.59. The fraction of sp³-hybridized carbons (Fsp3) is 0.576. The third kappa shape index (κ3) is 5.62. The average molecular weight is 594 g/mol. The zero-order valence-electron chi connectivity index (χ0n) is 25.2. The Kier molecular flexibility index (Phi) is 9.36. The van der Waals surface area contributed by atoms with Crippen LogP contribution in [0.1, 0.15) is 64.5 Å². The first-order valence-corrected chi connectivity index (χ1v) is 15.5. The second kappa shape index (κ2) is 13.0. The van der Waals surface area contributed by atoms with Crippen molar-refractivity contribution >= 4 is 23.7 Å². The van der Waals surface area contributed by atoms with Crippen molar-refractivity contribution < 1.29 is 33.8 Å². The second-order valence-corrected chi connectivity index (χ2v) is 12.0. The van der Waals surface area contributed by atoms with Crippen molar-refractivity contribution in [3.05, 3.63) is 60.2 Å². The van der Waals surface area contributed by atoms with Crippen molar-refractivity contribution in [1.82, 2.24) is 15.1 Å². The van der Waals surface area contributed by atoms with Crippen molar-refractivity contribution in [3.8, 4) is 0 Å². The van der Waals surface area contributed by atoms with E-state index in [0.29, 0.717) is 24.9 Å². The summed E-state index contributed by atoms with van der Waals surface area (Å²) in [4.78, 5) is 58.8. The quantitative estimate of drug-likeness (QED) is 0.368. The normalized spacial score (nSPS) is 33.3. The van der Waals surface area contributed by atoms with Crippen LogP contribution < -0.4 is 5.32 Å². The number of hydrogen-bond acceptors (Lipinski definition) is 7. The number of allylic oxidation sites excluding steroid dienone is 1. The minimum absolute atomic E-state index is 0.0707. The van der Waals surface area contributed by atoms with E-state index in [0.717, 1.165) is 12.8 Å². The molecular formula is C33H43N3O7. The predicted octanol–water partition coefficient (Wildman–Crippen LogP) is 2.68. The molecule has 1 unspecified atom stereocenters. The van der Waals surface area contributed by atoms with Crippen molar-refractivity contribution in [2.45, 2.75) is 88.8 Å². The summed E-state index contributed by atoms with van der Waals surface area (Å²) in [6.07, 6.45) is 8.32. The molecule has 10 nitrogen and oxygen atoms in total. The molecule has 8 atom stereocenters. The number of hydrogen-bond donors (Lipinski definition) is 2. The molecule has 1 aromatic carbocycles. The standard InChI is InChI=1S/C33H43N3O7/c1-4-12-21(3)35-18-11-17-33-28(30(39)36(23(5-2)20-37)29(33)31(35)40)27-24(43-33)15-9-10-16-26(38)34-19-25(42-32(27)41)22-13-7-6-8-14-22/h6-9,11,13-15,17,21,23-25,27-29,37H,4-5,10,12,16,18-20H2,1-3H3,(H,34,38)/b15-9-/t21?,23-,24-,25+,27+,28+,29-,33+/m0/s1. The van der Waals surface area contributed by atoms with Gasteiger partial charge >= 0.3 is 5.97 Å². The van der Waals surface area contributed by atoms with Gasteiger partial charge in [0.25, 0.3) is 0 Å². The molecule has 2 saturated heterocycles. The number of cyclic esters (lactones) is 1. The van der Waals surface area contributed by atoms with Gasteiger partial charge in [-0.3, -0.25) is 19.2 Å². The van der Waals surface area contributed by atoms with Gasteiger partial charge in [0, 0.05) is 19.0 Å². The van der Waals surface area contributed by atoms with E-state index in [4.69, 9.17) is 9.47 Å². The highest BCUT2D eigenvalue weighted by Crippen LogP contribution is 2.54. The molecule has 2 fully saturated rings. The summed E-state index contributed by atoms with van der Waals surface area (Å²) in [5, 5.41) is 13.2. The van der Waals surface area contributed by atoms with Crippen molar-refractivity contribution in [1.29, 1.82) is 0 Å². The number of nitrogens with one attached hydrogen (secondary N) is 1. The van der Waals surface area contributed by atoms with Crippen LogP contribution in [0.15, 0.2) is 54.6 Å². The average Bonchev–Trinajstić information content (AvgIpc) is 3.39. The summed E-state index contributed by atoms with van der Waals surface area (Å²) in [5.41, 5.74) is -0.713. The van der Waals surface area contributed by atoms with Crippen LogP contribution >= 0.6 is 0 Å². The van der Waals surface area contributed by atoms with Crippen LogP contribution in [0.4, 0.5) is 0 Å². The maximum absolute atomic E-state index is 14.5. The molecule has 232 valence electrons. The number of rotatable bonds is 7. The van der Waals surface area contributed by atoms with E-state index in [1.807, 2.05) is 50.3 Å². The second-order valence-electron chi connectivity index (χ2n) is 12.0. The molecule has 0 aliphatic carbocycles. The zero-order valence-corrected chi connectivity index (χ0v) is 25.2. The first-order chi connectivity index (χ1) is 20.8. The largest absolute Gasteiger partial charge is 0.455 e. The molecule has 4 heterocycles. The Balaban J connectivity index is 1.60. The molecule has 43 heavy (non-hydrogen) atoms. The van der Waals surface area contributed by atoms with Crippen LogP contribution in [-0.2, 0) is 28.7 Å². The molecule has 1 aromatic rings. The van der Waals surface area contributed by atoms with Crippen LogP contribution in [0.2, 0.25) is 0 Å². The summed E-state index contributed by atoms with van der Waals surface area (Å²) in [7, 11) is 0. The number of benzene rings is 1. The topological polar surface area (TPSA) is 125 Å². The third-order valence-corrected chi connectivity index (χ3v) is 9.33. The van der Waals surface area contributed by atoms with E-state index in [2.05, 4.69) is 12.2 Å². The molecule has 1 spiro atoms. The van der Waals surface area contributed by atoms with Gasteiger partial charge in [0.05, 0.1) is 31.2 Å². The van der Waals surface area contributed by atoms with E-state index in [-0.39, 0.29) is 37.4 Å². The summed E-state index contributed by atoms with van der Waals surface area (Å²) in [5.74, 6) is -3.52. The number of carbonyl (C=O) groups is 4. The van der Waals surface area contributed by atoms with Crippen LogP contribution in [0.3, 0.4) is 0 Å². The van der Waals surface area contributed by atoms with Gasteiger partial charge in [-0.25, -0.2) is 0 Å². The third-order valence-electron chi connectivity index (χ3n) is 9.33. The van der Waals surface area contributed by atoms with E-state index in [1.165, 1.54) is 4.90 Å². The summed E-state index contributed by atoms with van der Waals surface area (Å²) in [6, 6.07) is 7.43. The molecule has 5 rings (SSSR count). The maximum Gasteiger partial charge on any atom is 0.313 e. The van der Waals surface area contributed by atoms with Gasteiger partial charge in [-0.15, -0.1) is 0 Å². The number of amides is 3. The molecule has 0 bridgehead atoms. The lowest BCUT2D eigenvalue weighted by molar-refractivity contribution is -0.161. The van der Waals surface area contributed by atoms with Gasteiger partial charge in [-0.2, -0.15) is 0 Å². The maximum atomic E-state index is 14.5. The molecule has 0 radical (unpaired) electrons. The number of carbonyl (C=O) groups excluding carboxylic acids is 4. The fourth-order valence-corrected chi connectivity index (χ4v) is 7.14. The number of fused-ring (bicyclic) bond motifs is 2. The van der Waals surface area contributed by atoms with Gasteiger partial charge in [-0.05, 0) is 31.7 Å². The predicted molar refractivity (Wildman–Crippen MR) is 158 cm³/mol. The van der Waals surface area contributed by atoms with Crippen LogP contribution in [0.25, 0.3) is 0 Å². The van der Waals surface area contributed by atoms with E-state index >= 15 is 0 Å². The number of likely N-dealkylation sites (tertiary alicyclic amines) is 1. The summed E-state index contributed by atoms with van der Waals surface area (Å²) >= 11 is 0. The fourth-order valence-electron chi connectivity index (χ4n) is 7.14. The number of esters is 1. The van der Waals surface area contributed by atoms with Gasteiger partial charge in [-0.1, -0.05) is 74.9 Å². The number of nitrogens with zero attached hydrogens (tertiary/aromatic N) is 2. The monoisotopic (exact) mass is 593 g/mol. The van der Waals surface area contributed by atoms with E-state index in [9.17, 15) is 24.3 Å². The molecule has 4 aliphatic rings. The minimum atomic E-state index is -1.42. The molecule has 0 saturated carbocycles. The molecular weight excluding hydrogens is 550 g/mol. The van der Waals surface area contributed by atoms with Crippen molar-refractivity contribution in [2.75, 3.05) is 19.7 Å². The highest BCUT2D eigenvalue weighted by Gasteiger charge is 2.72. The lowest BCUT2D eigenvalue weighted by Gasteiger charge is -2.39. The number of aliphatic hydroxyl groups excluding tert-OH is 1. The molecule has 2 N–H and O–H groups in total. The number of aliphatic hydroxyl groups is 1. The Morgan fingerprint density at radius 2 is 1.86 bits per heavy atom. The molecule has 0 aromatic heterocycles. The van der Waals surface area contributed by atoms with Crippen LogP contribution in [-0.4, -0.2) is 88.1 Å².